The van der Waals surface area contributed by atoms with Crippen molar-refractivity contribution >= 4 is 5.91 Å². The Morgan fingerprint density at radius 1 is 1.16 bits per heavy atom. The number of carbonyl (C=O) groups excluding carboxylic acids is 1. The second-order valence-electron chi connectivity index (χ2n) is 8.65. The van der Waals surface area contributed by atoms with Gasteiger partial charge in [0.25, 0.3) is 0 Å². The lowest BCUT2D eigenvalue weighted by atomic mass is 9.56. The fourth-order valence-corrected chi connectivity index (χ4v) is 5.18. The highest BCUT2D eigenvalue weighted by Gasteiger charge is 2.54. The lowest BCUT2D eigenvalue weighted by Crippen LogP contribution is -2.54. The van der Waals surface area contributed by atoms with Gasteiger partial charge in [0.15, 0.2) is 0 Å². The molecule has 1 heterocycles. The third-order valence-corrected chi connectivity index (χ3v) is 6.99. The first-order valence-corrected chi connectivity index (χ1v) is 10.2. The number of amides is 1. The van der Waals surface area contributed by atoms with Gasteiger partial charge >= 0.3 is 0 Å². The number of ether oxygens (including phenoxy) is 1. The van der Waals surface area contributed by atoms with E-state index >= 15 is 0 Å². The molecule has 5 heteroatoms. The second-order valence-corrected chi connectivity index (χ2v) is 8.65. The highest BCUT2D eigenvalue weighted by molar-refractivity contribution is 5.86. The van der Waals surface area contributed by atoms with E-state index in [1.807, 2.05) is 0 Å². The van der Waals surface area contributed by atoms with Crippen LogP contribution in [-0.2, 0) is 9.53 Å². The van der Waals surface area contributed by atoms with E-state index in [1.54, 1.807) is 0 Å². The topological polar surface area (TPSA) is 56.6 Å². The SMILES string of the molecule is N#CC1(C(=O)N(CCN2CCOCC2)CC2CC2)CC2CCC1CC2. The van der Waals surface area contributed by atoms with E-state index in [0.29, 0.717) is 17.8 Å². The number of hydrogen-bond donors (Lipinski definition) is 0. The van der Waals surface area contributed by atoms with Crippen molar-refractivity contribution < 1.29 is 9.53 Å². The van der Waals surface area contributed by atoms with Crippen LogP contribution >= 0.6 is 0 Å². The summed E-state index contributed by atoms with van der Waals surface area (Å²) < 4.78 is 5.43. The van der Waals surface area contributed by atoms with Gasteiger partial charge in [-0.3, -0.25) is 9.69 Å². The van der Waals surface area contributed by atoms with Gasteiger partial charge < -0.3 is 9.64 Å². The minimum absolute atomic E-state index is 0.157. The molecular formula is C20H31N3O2. The quantitative estimate of drug-likeness (QED) is 0.741. The molecule has 0 aromatic rings. The predicted molar refractivity (Wildman–Crippen MR) is 94.7 cm³/mol. The average Bonchev–Trinajstić information content (AvgIpc) is 3.50. The number of carbonyl (C=O) groups is 1. The third-order valence-electron chi connectivity index (χ3n) is 6.99. The molecule has 0 spiro atoms. The van der Waals surface area contributed by atoms with Gasteiger partial charge in [-0.1, -0.05) is 12.8 Å². The van der Waals surface area contributed by atoms with E-state index in [9.17, 15) is 10.1 Å². The molecule has 2 bridgehead atoms. The molecule has 1 unspecified atom stereocenters. The van der Waals surface area contributed by atoms with Crippen molar-refractivity contribution in [3.05, 3.63) is 0 Å². The normalized spacial score (nSPS) is 35.3. The number of morpholine rings is 1. The lowest BCUT2D eigenvalue weighted by molar-refractivity contribution is -0.148. The number of rotatable bonds is 6. The minimum atomic E-state index is -0.721. The maximum atomic E-state index is 13.5. The lowest BCUT2D eigenvalue weighted by Gasteiger charge is -2.48. The molecule has 25 heavy (non-hydrogen) atoms. The van der Waals surface area contributed by atoms with Crippen molar-refractivity contribution in [2.75, 3.05) is 45.9 Å². The van der Waals surface area contributed by atoms with E-state index in [0.717, 1.165) is 65.2 Å². The Balaban J connectivity index is 1.45. The van der Waals surface area contributed by atoms with Crippen molar-refractivity contribution in [2.24, 2.45) is 23.2 Å². The minimum Gasteiger partial charge on any atom is -0.379 e. The molecule has 0 aromatic carbocycles. The van der Waals surface area contributed by atoms with Gasteiger partial charge in [-0.15, -0.1) is 0 Å². The third kappa shape index (κ3) is 3.57. The zero-order valence-electron chi connectivity index (χ0n) is 15.3. The summed E-state index contributed by atoms with van der Waals surface area (Å²) >= 11 is 0. The monoisotopic (exact) mass is 345 g/mol. The van der Waals surface area contributed by atoms with Crippen LogP contribution in [0.25, 0.3) is 0 Å². The molecule has 0 N–H and O–H groups in total. The summed E-state index contributed by atoms with van der Waals surface area (Å²) in [5, 5.41) is 10.0. The van der Waals surface area contributed by atoms with Crippen LogP contribution in [0.3, 0.4) is 0 Å². The smallest absolute Gasteiger partial charge is 0.243 e. The fraction of sp³-hybridized carbons (Fsp3) is 0.900. The van der Waals surface area contributed by atoms with Crippen LogP contribution in [0, 0.1) is 34.5 Å². The summed E-state index contributed by atoms with van der Waals surface area (Å²) in [5.74, 6) is 1.71. The molecule has 4 aliphatic carbocycles. The van der Waals surface area contributed by atoms with Crippen molar-refractivity contribution in [1.29, 1.82) is 5.26 Å². The Bertz CT molecular complexity index is 528. The first kappa shape index (κ1) is 17.3. The molecule has 5 fully saturated rings. The zero-order chi connectivity index (χ0) is 17.3. The zero-order valence-corrected chi connectivity index (χ0v) is 15.3. The highest BCUT2D eigenvalue weighted by atomic mass is 16.5. The Kier molecular flexibility index (Phi) is 5.01. The van der Waals surface area contributed by atoms with Crippen LogP contribution in [0.2, 0.25) is 0 Å². The molecule has 5 nitrogen and oxygen atoms in total. The van der Waals surface area contributed by atoms with E-state index in [-0.39, 0.29) is 5.91 Å². The van der Waals surface area contributed by atoms with Crippen LogP contribution in [0.15, 0.2) is 0 Å². The molecule has 1 saturated heterocycles. The summed E-state index contributed by atoms with van der Waals surface area (Å²) in [6.07, 6.45) is 7.89. The van der Waals surface area contributed by atoms with Crippen LogP contribution in [0.1, 0.15) is 44.9 Å². The Morgan fingerprint density at radius 2 is 1.88 bits per heavy atom. The molecule has 4 saturated carbocycles. The molecule has 0 aromatic heterocycles. The van der Waals surface area contributed by atoms with Crippen LogP contribution in [0.5, 0.6) is 0 Å². The Labute approximate surface area is 151 Å². The summed E-state index contributed by atoms with van der Waals surface area (Å²) in [4.78, 5) is 18.0. The van der Waals surface area contributed by atoms with Crippen molar-refractivity contribution in [3.8, 4) is 6.07 Å². The molecule has 1 aliphatic heterocycles. The molecule has 1 amide bonds. The van der Waals surface area contributed by atoms with Gasteiger partial charge in [-0.05, 0) is 49.9 Å². The Morgan fingerprint density at radius 3 is 2.44 bits per heavy atom. The summed E-state index contributed by atoms with van der Waals surface area (Å²) in [7, 11) is 0. The summed E-state index contributed by atoms with van der Waals surface area (Å²) in [5.41, 5.74) is -0.721. The average molecular weight is 345 g/mol. The molecular weight excluding hydrogens is 314 g/mol. The summed E-state index contributed by atoms with van der Waals surface area (Å²) in [6.45, 7) is 6.06. The van der Waals surface area contributed by atoms with Crippen molar-refractivity contribution in [1.82, 2.24) is 9.80 Å². The van der Waals surface area contributed by atoms with Gasteiger partial charge in [-0.2, -0.15) is 5.26 Å². The van der Waals surface area contributed by atoms with E-state index in [2.05, 4.69) is 15.9 Å². The van der Waals surface area contributed by atoms with Crippen molar-refractivity contribution in [2.45, 2.75) is 44.9 Å². The van der Waals surface area contributed by atoms with Gasteiger partial charge in [0.2, 0.25) is 5.91 Å². The highest BCUT2D eigenvalue weighted by Crippen LogP contribution is 2.53. The van der Waals surface area contributed by atoms with Crippen molar-refractivity contribution in [3.63, 3.8) is 0 Å². The first-order valence-electron chi connectivity index (χ1n) is 10.2. The Hall–Kier alpha value is -1.12. The molecule has 0 radical (unpaired) electrons. The fourth-order valence-electron chi connectivity index (χ4n) is 5.18. The van der Waals surface area contributed by atoms with Gasteiger partial charge in [0.1, 0.15) is 5.41 Å². The van der Waals surface area contributed by atoms with Gasteiger partial charge in [0, 0.05) is 32.7 Å². The first-order chi connectivity index (χ1) is 12.2. The van der Waals surface area contributed by atoms with Crippen LogP contribution < -0.4 is 0 Å². The maximum Gasteiger partial charge on any atom is 0.243 e. The maximum absolute atomic E-state index is 13.5. The number of nitriles is 1. The molecule has 1 atom stereocenters. The van der Waals surface area contributed by atoms with Crippen LogP contribution in [0.4, 0.5) is 0 Å². The predicted octanol–water partition coefficient (Wildman–Crippen LogP) is 2.28. The van der Waals surface area contributed by atoms with Crippen LogP contribution in [-0.4, -0.2) is 61.6 Å². The van der Waals surface area contributed by atoms with E-state index in [1.165, 1.54) is 25.7 Å². The standard InChI is InChI=1S/C20H31N3O2/c21-15-20(13-16-3-5-18(20)6-4-16)19(24)23(14-17-1-2-17)8-7-22-9-11-25-12-10-22/h16-18H,1-14H2. The number of hydrogen-bond acceptors (Lipinski definition) is 4. The van der Waals surface area contributed by atoms with Gasteiger partial charge in [-0.25, -0.2) is 0 Å². The molecule has 5 rings (SSSR count). The second kappa shape index (κ2) is 7.25. The van der Waals surface area contributed by atoms with E-state index < -0.39 is 5.41 Å². The molecule has 5 aliphatic rings. The largest absolute Gasteiger partial charge is 0.379 e. The van der Waals surface area contributed by atoms with Gasteiger partial charge in [0.05, 0.1) is 19.3 Å². The van der Waals surface area contributed by atoms with E-state index in [4.69, 9.17) is 4.74 Å². The number of nitrogens with zero attached hydrogens (tertiary/aromatic N) is 3. The summed E-state index contributed by atoms with van der Waals surface area (Å²) in [6, 6.07) is 2.54. The number of fused-ring (bicyclic) bond motifs is 3. The molecule has 138 valence electrons.